The summed E-state index contributed by atoms with van der Waals surface area (Å²) in [6.45, 7) is 6.06. The van der Waals surface area contributed by atoms with Crippen molar-refractivity contribution in [2.45, 2.75) is 38.1 Å². The van der Waals surface area contributed by atoms with Gasteiger partial charge in [-0.05, 0) is 48.9 Å². The quantitative estimate of drug-likeness (QED) is 0.540. The highest BCUT2D eigenvalue weighted by atomic mass is 32.2. The molecule has 0 fully saturated rings. The third-order valence-corrected chi connectivity index (χ3v) is 7.86. The molecule has 3 aromatic rings. The van der Waals surface area contributed by atoms with Gasteiger partial charge in [-0.2, -0.15) is 4.31 Å². The molecule has 6 nitrogen and oxygen atoms in total. The lowest BCUT2D eigenvalue weighted by atomic mass is 10.1. The van der Waals surface area contributed by atoms with Crippen molar-refractivity contribution in [3.05, 3.63) is 75.9 Å². The summed E-state index contributed by atoms with van der Waals surface area (Å²) in [7, 11) is -3.69. The Morgan fingerprint density at radius 3 is 2.45 bits per heavy atom. The van der Waals surface area contributed by atoms with Gasteiger partial charge < -0.3 is 9.72 Å². The highest BCUT2D eigenvalue weighted by molar-refractivity contribution is 7.91. The first-order valence-electron chi connectivity index (χ1n) is 9.27. The summed E-state index contributed by atoms with van der Waals surface area (Å²) in [4.78, 5) is 15.3. The number of nitrogens with zero attached hydrogens (tertiary/aromatic N) is 1. The lowest BCUT2D eigenvalue weighted by molar-refractivity contribution is 0.0519. The number of hydrogen-bond donors (Lipinski definition) is 1. The van der Waals surface area contributed by atoms with Gasteiger partial charge in [0, 0.05) is 18.8 Å². The Bertz CT molecular complexity index is 1070. The summed E-state index contributed by atoms with van der Waals surface area (Å²) in [6.07, 6.45) is 0. The maximum atomic E-state index is 13.3. The van der Waals surface area contributed by atoms with Crippen molar-refractivity contribution in [1.82, 2.24) is 9.29 Å². The van der Waals surface area contributed by atoms with E-state index in [-0.39, 0.29) is 19.7 Å². The Balaban J connectivity index is 1.99. The SMILES string of the molecule is CCOC(=O)c1[nH]c(C)c(CN(Cc2ccccc2)S(=O)(=O)c2cccs2)c1C. The van der Waals surface area contributed by atoms with E-state index in [2.05, 4.69) is 4.98 Å². The lowest BCUT2D eigenvalue weighted by Gasteiger charge is -2.22. The van der Waals surface area contributed by atoms with E-state index in [4.69, 9.17) is 4.74 Å². The molecule has 0 bridgehead atoms. The van der Waals surface area contributed by atoms with Crippen LogP contribution in [-0.2, 0) is 27.8 Å². The number of nitrogens with one attached hydrogen (secondary N) is 1. The van der Waals surface area contributed by atoms with Gasteiger partial charge >= 0.3 is 5.97 Å². The summed E-state index contributed by atoms with van der Waals surface area (Å²) >= 11 is 1.19. The van der Waals surface area contributed by atoms with Gasteiger partial charge in [0.25, 0.3) is 10.0 Å². The number of H-pyrrole nitrogens is 1. The normalized spacial score (nSPS) is 11.7. The number of ether oxygens (including phenoxy) is 1. The zero-order valence-corrected chi connectivity index (χ0v) is 18.3. The molecule has 0 aliphatic rings. The number of hydrogen-bond acceptors (Lipinski definition) is 5. The van der Waals surface area contributed by atoms with E-state index < -0.39 is 16.0 Å². The molecular weight excluding hydrogens is 408 g/mol. The van der Waals surface area contributed by atoms with Crippen molar-refractivity contribution >= 4 is 27.3 Å². The van der Waals surface area contributed by atoms with Crippen LogP contribution in [0.1, 0.15) is 39.8 Å². The van der Waals surface area contributed by atoms with E-state index >= 15 is 0 Å². The number of esters is 1. The molecule has 0 aliphatic heterocycles. The van der Waals surface area contributed by atoms with Crippen LogP contribution in [0.15, 0.2) is 52.1 Å². The van der Waals surface area contributed by atoms with Gasteiger partial charge in [-0.15, -0.1) is 11.3 Å². The molecule has 8 heteroatoms. The summed E-state index contributed by atoms with van der Waals surface area (Å²) in [6, 6.07) is 12.8. The van der Waals surface area contributed by atoms with Crippen molar-refractivity contribution in [1.29, 1.82) is 0 Å². The Kier molecular flexibility index (Phi) is 6.56. The smallest absolute Gasteiger partial charge is 0.355 e. The fraction of sp³-hybridized carbons (Fsp3) is 0.286. The van der Waals surface area contributed by atoms with Gasteiger partial charge in [0.1, 0.15) is 9.90 Å². The van der Waals surface area contributed by atoms with Crippen LogP contribution in [0, 0.1) is 13.8 Å². The number of rotatable bonds is 8. The zero-order valence-electron chi connectivity index (χ0n) is 16.6. The maximum Gasteiger partial charge on any atom is 0.355 e. The van der Waals surface area contributed by atoms with Crippen molar-refractivity contribution in [3.63, 3.8) is 0 Å². The van der Waals surface area contributed by atoms with Gasteiger partial charge in [0.2, 0.25) is 0 Å². The maximum absolute atomic E-state index is 13.3. The number of sulfonamides is 1. The minimum absolute atomic E-state index is 0.155. The zero-order chi connectivity index (χ0) is 21.0. The molecule has 0 radical (unpaired) electrons. The Hall–Kier alpha value is -2.42. The number of benzene rings is 1. The molecule has 2 aromatic heterocycles. The second-order valence-electron chi connectivity index (χ2n) is 6.64. The molecule has 154 valence electrons. The van der Waals surface area contributed by atoms with E-state index in [1.807, 2.05) is 44.2 Å². The fourth-order valence-corrected chi connectivity index (χ4v) is 5.70. The molecule has 1 N–H and O–H groups in total. The van der Waals surface area contributed by atoms with Crippen molar-refractivity contribution in [3.8, 4) is 0 Å². The fourth-order valence-electron chi connectivity index (χ4n) is 3.16. The first-order chi connectivity index (χ1) is 13.8. The van der Waals surface area contributed by atoms with Crippen molar-refractivity contribution in [2.24, 2.45) is 0 Å². The van der Waals surface area contributed by atoms with Crippen LogP contribution >= 0.6 is 11.3 Å². The molecule has 0 unspecified atom stereocenters. The molecule has 0 atom stereocenters. The second-order valence-corrected chi connectivity index (χ2v) is 9.75. The van der Waals surface area contributed by atoms with E-state index in [0.717, 1.165) is 16.8 Å². The van der Waals surface area contributed by atoms with Gasteiger partial charge in [0.15, 0.2) is 0 Å². The van der Waals surface area contributed by atoms with Crippen LogP contribution in [0.4, 0.5) is 0 Å². The van der Waals surface area contributed by atoms with Crippen LogP contribution in [0.2, 0.25) is 0 Å². The summed E-state index contributed by atoms with van der Waals surface area (Å²) in [5.74, 6) is -0.435. The summed E-state index contributed by atoms with van der Waals surface area (Å²) in [5, 5.41) is 1.75. The molecule has 0 saturated heterocycles. The van der Waals surface area contributed by atoms with E-state index in [1.165, 1.54) is 15.6 Å². The molecule has 29 heavy (non-hydrogen) atoms. The van der Waals surface area contributed by atoms with Crippen molar-refractivity contribution in [2.75, 3.05) is 6.61 Å². The van der Waals surface area contributed by atoms with Crippen LogP contribution in [0.5, 0.6) is 0 Å². The Labute approximate surface area is 175 Å². The molecule has 1 aromatic carbocycles. The molecule has 3 rings (SSSR count). The lowest BCUT2D eigenvalue weighted by Crippen LogP contribution is -2.30. The van der Waals surface area contributed by atoms with Crippen LogP contribution < -0.4 is 0 Å². The molecule has 0 amide bonds. The molecule has 0 saturated carbocycles. The van der Waals surface area contributed by atoms with E-state index in [0.29, 0.717) is 15.5 Å². The van der Waals surface area contributed by atoms with Crippen LogP contribution in [-0.4, -0.2) is 30.3 Å². The molecular formula is C21H24N2O4S2. The van der Waals surface area contributed by atoms with Gasteiger partial charge in [-0.3, -0.25) is 0 Å². The first kappa shape index (κ1) is 21.3. The Morgan fingerprint density at radius 2 is 1.83 bits per heavy atom. The second kappa shape index (κ2) is 8.94. The number of aromatic amines is 1. The average molecular weight is 433 g/mol. The third kappa shape index (κ3) is 4.60. The molecule has 0 aliphatic carbocycles. The number of aromatic nitrogens is 1. The highest BCUT2D eigenvalue weighted by Gasteiger charge is 2.28. The van der Waals surface area contributed by atoms with Gasteiger partial charge in [0.05, 0.1) is 6.61 Å². The highest BCUT2D eigenvalue weighted by Crippen LogP contribution is 2.27. The number of carbonyl (C=O) groups excluding carboxylic acids is 1. The van der Waals surface area contributed by atoms with Gasteiger partial charge in [-0.25, -0.2) is 13.2 Å². The monoisotopic (exact) mass is 432 g/mol. The Morgan fingerprint density at radius 1 is 1.10 bits per heavy atom. The van der Waals surface area contributed by atoms with E-state index in [9.17, 15) is 13.2 Å². The largest absolute Gasteiger partial charge is 0.461 e. The standard InChI is InChI=1S/C21H24N2O4S2/c1-4-27-21(24)20-15(2)18(16(3)22-20)14-23(13-17-9-6-5-7-10-17)29(25,26)19-11-8-12-28-19/h5-12,22H,4,13-14H2,1-3H3. The number of thiophene rings is 1. The van der Waals surface area contributed by atoms with Crippen molar-refractivity contribution < 1.29 is 17.9 Å². The summed E-state index contributed by atoms with van der Waals surface area (Å²) < 4.78 is 33.5. The average Bonchev–Trinajstić information content (AvgIpc) is 3.33. The minimum atomic E-state index is -3.69. The topological polar surface area (TPSA) is 79.5 Å². The van der Waals surface area contributed by atoms with E-state index in [1.54, 1.807) is 24.4 Å². The minimum Gasteiger partial charge on any atom is -0.461 e. The predicted octanol–water partition coefficient (Wildman–Crippen LogP) is 4.26. The predicted molar refractivity (Wildman–Crippen MR) is 113 cm³/mol. The molecule has 2 heterocycles. The van der Waals surface area contributed by atoms with Crippen LogP contribution in [0.25, 0.3) is 0 Å². The first-order valence-corrected chi connectivity index (χ1v) is 11.6. The number of aryl methyl sites for hydroxylation is 1. The van der Waals surface area contributed by atoms with Crippen LogP contribution in [0.3, 0.4) is 0 Å². The van der Waals surface area contributed by atoms with Gasteiger partial charge in [-0.1, -0.05) is 36.4 Å². The number of carbonyl (C=O) groups is 1. The third-order valence-electron chi connectivity index (χ3n) is 4.70. The molecule has 0 spiro atoms. The summed E-state index contributed by atoms with van der Waals surface area (Å²) in [5.41, 5.74) is 3.51.